The van der Waals surface area contributed by atoms with Gasteiger partial charge >= 0.3 is 149 Å². The summed E-state index contributed by atoms with van der Waals surface area (Å²) in [5.41, 5.74) is 2.98. The van der Waals surface area contributed by atoms with Gasteiger partial charge in [-0.15, -0.1) is 0 Å². The van der Waals surface area contributed by atoms with E-state index in [0.29, 0.717) is 19.8 Å². The first kappa shape index (κ1) is 17.8. The van der Waals surface area contributed by atoms with Gasteiger partial charge in [0.05, 0.1) is 0 Å². The van der Waals surface area contributed by atoms with Crippen molar-refractivity contribution in [1.82, 2.24) is 0 Å². The van der Waals surface area contributed by atoms with Crippen LogP contribution in [0.5, 0.6) is 0 Å². The molecule has 0 bridgehead atoms. The molecule has 2 aromatic rings. The van der Waals surface area contributed by atoms with E-state index in [1.54, 1.807) is 0 Å². The van der Waals surface area contributed by atoms with Crippen LogP contribution in [-0.4, -0.2) is 29.9 Å². The van der Waals surface area contributed by atoms with Gasteiger partial charge in [0, 0.05) is 0 Å². The summed E-state index contributed by atoms with van der Waals surface area (Å²) in [5.74, 6) is 0. The zero-order valence-electron chi connectivity index (χ0n) is 13.4. The Morgan fingerprint density at radius 3 is 1.82 bits per heavy atom. The van der Waals surface area contributed by atoms with Crippen molar-refractivity contribution in [2.24, 2.45) is 0 Å². The van der Waals surface area contributed by atoms with Crippen molar-refractivity contribution in [3.8, 4) is 0 Å². The standard InChI is InChI=1S/C20H26Se2/c1-2-3-15-21-16-10-17-22-20(18-11-6-4-7-12-18)19-13-8-5-9-14-19/h4-9,11-14,20H,2-3,10,15-17H2,1H3. The molecule has 0 aliphatic carbocycles. The fraction of sp³-hybridized carbons (Fsp3) is 0.400. The summed E-state index contributed by atoms with van der Waals surface area (Å²) in [6.07, 6.45) is 4.22. The van der Waals surface area contributed by atoms with Crippen molar-refractivity contribution in [2.75, 3.05) is 0 Å². The zero-order chi connectivity index (χ0) is 15.5. The fourth-order valence-electron chi connectivity index (χ4n) is 2.35. The molecule has 2 rings (SSSR count). The number of benzene rings is 2. The van der Waals surface area contributed by atoms with Crippen molar-refractivity contribution >= 4 is 29.9 Å². The predicted molar refractivity (Wildman–Crippen MR) is 100 cm³/mol. The first-order chi connectivity index (χ1) is 10.9. The SMILES string of the molecule is CCCC[Se]CCC[Se]C(c1ccccc1)c1ccccc1. The summed E-state index contributed by atoms with van der Waals surface area (Å²) < 4.78 is 0. The van der Waals surface area contributed by atoms with E-state index in [4.69, 9.17) is 0 Å². The minimum atomic E-state index is 0.623. The van der Waals surface area contributed by atoms with E-state index in [1.807, 2.05) is 0 Å². The van der Waals surface area contributed by atoms with Crippen LogP contribution in [0.25, 0.3) is 0 Å². The Kier molecular flexibility index (Phi) is 8.98. The topological polar surface area (TPSA) is 0 Å². The van der Waals surface area contributed by atoms with Gasteiger partial charge in [0.1, 0.15) is 0 Å². The summed E-state index contributed by atoms with van der Waals surface area (Å²) in [5, 5.41) is 4.37. The Morgan fingerprint density at radius 2 is 1.27 bits per heavy atom. The zero-order valence-corrected chi connectivity index (χ0v) is 16.8. The molecule has 22 heavy (non-hydrogen) atoms. The monoisotopic (exact) mass is 426 g/mol. The summed E-state index contributed by atoms with van der Waals surface area (Å²) in [6.45, 7) is 2.30. The third kappa shape index (κ3) is 6.31. The van der Waals surface area contributed by atoms with Gasteiger partial charge < -0.3 is 0 Å². The molecule has 2 aromatic carbocycles. The second-order valence-corrected chi connectivity index (χ2v) is 10.5. The average Bonchev–Trinajstić information content (AvgIpc) is 2.59. The van der Waals surface area contributed by atoms with Crippen LogP contribution in [0.3, 0.4) is 0 Å². The van der Waals surface area contributed by atoms with E-state index in [0.717, 1.165) is 15.0 Å². The van der Waals surface area contributed by atoms with Crippen molar-refractivity contribution in [1.29, 1.82) is 0 Å². The summed E-state index contributed by atoms with van der Waals surface area (Å²) in [7, 11) is 0. The molecule has 0 amide bonds. The Balaban J connectivity index is 1.87. The van der Waals surface area contributed by atoms with Crippen molar-refractivity contribution in [2.45, 2.75) is 47.0 Å². The summed E-state index contributed by atoms with van der Waals surface area (Å²) >= 11 is 1.55. The van der Waals surface area contributed by atoms with E-state index in [2.05, 4.69) is 67.6 Å². The molecule has 0 saturated heterocycles. The van der Waals surface area contributed by atoms with Crippen LogP contribution >= 0.6 is 0 Å². The molecule has 0 saturated carbocycles. The first-order valence-electron chi connectivity index (χ1n) is 8.21. The van der Waals surface area contributed by atoms with E-state index < -0.39 is 0 Å². The molecule has 0 atom stereocenters. The van der Waals surface area contributed by atoms with Crippen molar-refractivity contribution in [3.05, 3.63) is 71.8 Å². The summed E-state index contributed by atoms with van der Waals surface area (Å²) in [6, 6.07) is 22.1. The molecule has 118 valence electrons. The van der Waals surface area contributed by atoms with Crippen LogP contribution in [0.15, 0.2) is 60.7 Å². The summed E-state index contributed by atoms with van der Waals surface area (Å²) in [4.78, 5) is 0.623. The van der Waals surface area contributed by atoms with Crippen LogP contribution in [0.4, 0.5) is 0 Å². The Hall–Kier alpha value is -0.521. The normalized spacial score (nSPS) is 11.0. The molecule has 0 unspecified atom stereocenters. The van der Waals surface area contributed by atoms with E-state index in [1.165, 1.54) is 46.3 Å². The number of rotatable bonds is 10. The van der Waals surface area contributed by atoms with Gasteiger partial charge in [-0.3, -0.25) is 0 Å². The molecule has 0 spiro atoms. The van der Waals surface area contributed by atoms with Gasteiger partial charge in [0.15, 0.2) is 0 Å². The van der Waals surface area contributed by atoms with E-state index in [-0.39, 0.29) is 0 Å². The second-order valence-electron chi connectivity index (χ2n) is 5.39. The molecule has 0 aliphatic rings. The van der Waals surface area contributed by atoms with Gasteiger partial charge in [-0.2, -0.15) is 0 Å². The second kappa shape index (κ2) is 11.1. The minimum absolute atomic E-state index is 0.623. The molecule has 2 heteroatoms. The maximum absolute atomic E-state index is 2.30. The van der Waals surface area contributed by atoms with Gasteiger partial charge in [0.2, 0.25) is 0 Å². The molecule has 0 fully saturated rings. The molecule has 0 radical (unpaired) electrons. The average molecular weight is 424 g/mol. The van der Waals surface area contributed by atoms with Crippen LogP contribution in [0, 0.1) is 0 Å². The van der Waals surface area contributed by atoms with E-state index >= 15 is 0 Å². The van der Waals surface area contributed by atoms with Gasteiger partial charge in [-0.1, -0.05) is 0 Å². The first-order valence-corrected chi connectivity index (χ1v) is 12.8. The number of hydrogen-bond donors (Lipinski definition) is 0. The Labute approximate surface area is 148 Å². The third-order valence-corrected chi connectivity index (χ3v) is 8.93. The van der Waals surface area contributed by atoms with Crippen LogP contribution in [0.1, 0.15) is 42.1 Å². The van der Waals surface area contributed by atoms with Crippen LogP contribution in [-0.2, 0) is 0 Å². The Bertz CT molecular complexity index is 456. The van der Waals surface area contributed by atoms with Gasteiger partial charge in [0.25, 0.3) is 0 Å². The molecule has 0 aliphatic heterocycles. The molecular formula is C20H26Se2. The quantitative estimate of drug-likeness (QED) is 0.343. The molecule has 0 nitrogen and oxygen atoms in total. The molecule has 0 aromatic heterocycles. The predicted octanol–water partition coefficient (Wildman–Crippen LogP) is 5.63. The van der Waals surface area contributed by atoms with Crippen molar-refractivity contribution in [3.63, 3.8) is 0 Å². The molecular weight excluding hydrogens is 398 g/mol. The Morgan fingerprint density at radius 1 is 0.727 bits per heavy atom. The number of unbranched alkanes of at least 4 members (excludes halogenated alkanes) is 1. The molecule has 0 heterocycles. The van der Waals surface area contributed by atoms with E-state index in [9.17, 15) is 0 Å². The maximum atomic E-state index is 2.30. The molecule has 0 N–H and O–H groups in total. The van der Waals surface area contributed by atoms with Gasteiger partial charge in [-0.05, 0) is 0 Å². The van der Waals surface area contributed by atoms with Crippen LogP contribution < -0.4 is 0 Å². The van der Waals surface area contributed by atoms with Crippen LogP contribution in [0.2, 0.25) is 16.0 Å². The third-order valence-electron chi connectivity index (χ3n) is 3.56. The number of hydrogen-bond acceptors (Lipinski definition) is 0. The fourth-order valence-corrected chi connectivity index (χ4v) is 8.08. The van der Waals surface area contributed by atoms with Gasteiger partial charge in [-0.25, -0.2) is 0 Å². The van der Waals surface area contributed by atoms with Crippen molar-refractivity contribution < 1.29 is 0 Å².